The first-order valence-corrected chi connectivity index (χ1v) is 6.20. The lowest BCUT2D eigenvalue weighted by Crippen LogP contribution is -2.39. The third-order valence-electron chi connectivity index (χ3n) is 3.84. The van der Waals surface area contributed by atoms with Crippen molar-refractivity contribution < 1.29 is 10.2 Å². The van der Waals surface area contributed by atoms with Crippen LogP contribution in [0.3, 0.4) is 0 Å². The van der Waals surface area contributed by atoms with E-state index >= 15 is 0 Å². The largest absolute Gasteiger partial charge is 0.508 e. The smallest absolute Gasteiger partial charge is 0.119 e. The normalized spacial score (nSPS) is 21.6. The maximum Gasteiger partial charge on any atom is 0.119 e. The van der Waals surface area contributed by atoms with Gasteiger partial charge < -0.3 is 10.2 Å². The summed E-state index contributed by atoms with van der Waals surface area (Å²) in [5, 5.41) is 19.1. The summed E-state index contributed by atoms with van der Waals surface area (Å²) in [6.45, 7) is 7.70. The molecule has 1 aliphatic rings. The van der Waals surface area contributed by atoms with Gasteiger partial charge in [0, 0.05) is 17.6 Å². The molecule has 2 N–H and O–H groups in total. The molecular formula is C14H21NO2. The van der Waals surface area contributed by atoms with Crippen LogP contribution in [0.5, 0.6) is 11.5 Å². The van der Waals surface area contributed by atoms with E-state index in [4.69, 9.17) is 0 Å². The number of likely N-dealkylation sites (tertiary alicyclic amines) is 1. The first-order chi connectivity index (χ1) is 7.90. The van der Waals surface area contributed by atoms with Crippen molar-refractivity contribution >= 4 is 0 Å². The lowest BCUT2D eigenvalue weighted by atomic mass is 9.98. The van der Waals surface area contributed by atoms with E-state index in [0.29, 0.717) is 0 Å². The number of nitrogens with zero attached hydrogens (tertiary/aromatic N) is 1. The molecule has 1 unspecified atom stereocenters. The van der Waals surface area contributed by atoms with Gasteiger partial charge >= 0.3 is 0 Å². The van der Waals surface area contributed by atoms with Crippen LogP contribution < -0.4 is 0 Å². The molecule has 1 saturated heterocycles. The van der Waals surface area contributed by atoms with E-state index < -0.39 is 0 Å². The monoisotopic (exact) mass is 235 g/mol. The van der Waals surface area contributed by atoms with Crippen LogP contribution in [0.4, 0.5) is 0 Å². The third-order valence-corrected chi connectivity index (χ3v) is 3.84. The first-order valence-electron chi connectivity index (χ1n) is 6.20. The Morgan fingerprint density at radius 3 is 2.24 bits per heavy atom. The topological polar surface area (TPSA) is 43.7 Å². The van der Waals surface area contributed by atoms with E-state index in [1.807, 2.05) is 0 Å². The zero-order valence-corrected chi connectivity index (χ0v) is 10.8. The number of aromatic hydroxyl groups is 2. The van der Waals surface area contributed by atoms with Gasteiger partial charge in [0.15, 0.2) is 0 Å². The quantitative estimate of drug-likeness (QED) is 0.828. The summed E-state index contributed by atoms with van der Waals surface area (Å²) in [6, 6.07) is 5.05. The van der Waals surface area contributed by atoms with Gasteiger partial charge in [-0.05, 0) is 57.9 Å². The van der Waals surface area contributed by atoms with Crippen LogP contribution in [0.2, 0.25) is 0 Å². The molecule has 1 aromatic carbocycles. The van der Waals surface area contributed by atoms with Crippen molar-refractivity contribution in [3.63, 3.8) is 0 Å². The molecule has 3 nitrogen and oxygen atoms in total. The number of phenolic OH excluding ortho intramolecular Hbond substituents is 2. The van der Waals surface area contributed by atoms with Crippen molar-refractivity contribution in [2.45, 2.75) is 45.2 Å². The summed E-state index contributed by atoms with van der Waals surface area (Å²) in [6.07, 6.45) is 2.41. The fourth-order valence-electron chi connectivity index (χ4n) is 2.89. The van der Waals surface area contributed by atoms with Crippen LogP contribution in [0.15, 0.2) is 18.2 Å². The van der Waals surface area contributed by atoms with E-state index in [9.17, 15) is 10.2 Å². The van der Waals surface area contributed by atoms with Gasteiger partial charge in [-0.15, -0.1) is 0 Å². The number of phenols is 2. The predicted octanol–water partition coefficient (Wildman–Crippen LogP) is 3.03. The van der Waals surface area contributed by atoms with Crippen molar-refractivity contribution in [3.8, 4) is 11.5 Å². The molecule has 3 heteroatoms. The highest BCUT2D eigenvalue weighted by Gasteiger charge is 2.35. The Bertz CT molecular complexity index is 394. The molecule has 2 rings (SSSR count). The maximum atomic E-state index is 9.54. The molecule has 0 aliphatic carbocycles. The number of hydrogen-bond donors (Lipinski definition) is 2. The highest BCUT2D eigenvalue weighted by Crippen LogP contribution is 2.37. The number of hydrogen-bond acceptors (Lipinski definition) is 3. The van der Waals surface area contributed by atoms with Crippen LogP contribution in [-0.2, 0) is 0 Å². The molecule has 1 fully saturated rings. The van der Waals surface area contributed by atoms with Crippen LogP contribution in [0.25, 0.3) is 0 Å². The molecule has 0 spiro atoms. The maximum absolute atomic E-state index is 9.54. The molecule has 1 aromatic rings. The van der Waals surface area contributed by atoms with Crippen LogP contribution >= 0.6 is 0 Å². The lowest BCUT2D eigenvalue weighted by Gasteiger charge is -2.37. The van der Waals surface area contributed by atoms with Crippen LogP contribution in [-0.4, -0.2) is 27.2 Å². The second-order valence-corrected chi connectivity index (χ2v) is 5.57. The summed E-state index contributed by atoms with van der Waals surface area (Å²) >= 11 is 0. The predicted molar refractivity (Wildman–Crippen MR) is 68.2 cm³/mol. The fraction of sp³-hybridized carbons (Fsp3) is 0.571. The van der Waals surface area contributed by atoms with Gasteiger partial charge in [0.1, 0.15) is 11.5 Å². The van der Waals surface area contributed by atoms with Gasteiger partial charge in [-0.2, -0.15) is 0 Å². The second-order valence-electron chi connectivity index (χ2n) is 5.57. The Balaban J connectivity index is 2.27. The Labute approximate surface area is 103 Å². The molecule has 0 amide bonds. The van der Waals surface area contributed by atoms with E-state index in [1.54, 1.807) is 12.1 Å². The summed E-state index contributed by atoms with van der Waals surface area (Å²) in [5.74, 6) is 0.257. The van der Waals surface area contributed by atoms with Gasteiger partial charge in [-0.1, -0.05) is 0 Å². The van der Waals surface area contributed by atoms with Crippen molar-refractivity contribution in [1.29, 1.82) is 0 Å². The standard InChI is InChI=1S/C14H21NO2/c1-10(15-6-4-5-14(15,2)3)11-7-12(16)9-13(17)8-11/h7-10,16-17H,4-6H2,1-3H3. The molecular weight excluding hydrogens is 214 g/mol. The van der Waals surface area contributed by atoms with E-state index in [1.165, 1.54) is 18.9 Å². The molecule has 17 heavy (non-hydrogen) atoms. The molecule has 1 heterocycles. The molecule has 0 aromatic heterocycles. The molecule has 94 valence electrons. The van der Waals surface area contributed by atoms with Gasteiger partial charge in [0.05, 0.1) is 0 Å². The van der Waals surface area contributed by atoms with Gasteiger partial charge in [0.25, 0.3) is 0 Å². The van der Waals surface area contributed by atoms with E-state index in [2.05, 4.69) is 25.7 Å². The Morgan fingerprint density at radius 2 is 1.76 bits per heavy atom. The Kier molecular flexibility index (Phi) is 3.04. The van der Waals surface area contributed by atoms with Crippen LogP contribution in [0.1, 0.15) is 45.2 Å². The first kappa shape index (κ1) is 12.2. The average molecular weight is 235 g/mol. The summed E-state index contributed by atoms with van der Waals surface area (Å²) in [4.78, 5) is 2.43. The highest BCUT2D eigenvalue weighted by molar-refractivity contribution is 5.38. The van der Waals surface area contributed by atoms with Crippen molar-refractivity contribution in [1.82, 2.24) is 4.90 Å². The second kappa shape index (κ2) is 4.22. The van der Waals surface area contributed by atoms with Crippen LogP contribution in [0, 0.1) is 0 Å². The third kappa shape index (κ3) is 2.39. The fourth-order valence-corrected chi connectivity index (χ4v) is 2.89. The van der Waals surface area contributed by atoms with Gasteiger partial charge in [-0.25, -0.2) is 0 Å². The lowest BCUT2D eigenvalue weighted by molar-refractivity contribution is 0.125. The van der Waals surface area contributed by atoms with E-state index in [-0.39, 0.29) is 23.1 Å². The number of benzene rings is 1. The Morgan fingerprint density at radius 1 is 1.18 bits per heavy atom. The minimum absolute atomic E-state index is 0.129. The van der Waals surface area contributed by atoms with Gasteiger partial charge in [-0.3, -0.25) is 4.90 Å². The van der Waals surface area contributed by atoms with Crippen molar-refractivity contribution in [2.24, 2.45) is 0 Å². The number of rotatable bonds is 2. The summed E-state index contributed by atoms with van der Waals surface area (Å²) in [7, 11) is 0. The van der Waals surface area contributed by atoms with Crippen molar-refractivity contribution in [3.05, 3.63) is 23.8 Å². The Hall–Kier alpha value is -1.22. The zero-order valence-electron chi connectivity index (χ0n) is 10.8. The molecule has 1 aliphatic heterocycles. The summed E-state index contributed by atoms with van der Waals surface area (Å²) in [5.41, 5.74) is 1.16. The minimum Gasteiger partial charge on any atom is -0.508 e. The highest BCUT2D eigenvalue weighted by atomic mass is 16.3. The minimum atomic E-state index is 0.129. The molecule has 0 radical (unpaired) electrons. The SMILES string of the molecule is CC(c1cc(O)cc(O)c1)N1CCCC1(C)C. The van der Waals surface area contributed by atoms with Crippen molar-refractivity contribution in [2.75, 3.05) is 6.54 Å². The molecule has 1 atom stereocenters. The van der Waals surface area contributed by atoms with E-state index in [0.717, 1.165) is 12.1 Å². The molecule has 0 bridgehead atoms. The average Bonchev–Trinajstić information content (AvgIpc) is 2.55. The van der Waals surface area contributed by atoms with Gasteiger partial charge in [0.2, 0.25) is 0 Å². The molecule has 0 saturated carbocycles. The zero-order chi connectivity index (χ0) is 12.6. The summed E-state index contributed by atoms with van der Waals surface area (Å²) < 4.78 is 0.